The normalized spacial score (nSPS) is 10.2. The highest BCUT2D eigenvalue weighted by Crippen LogP contribution is 2.15. The van der Waals surface area contributed by atoms with Crippen LogP contribution < -0.4 is 14.8 Å². The highest BCUT2D eigenvalue weighted by atomic mass is 35.5. The molecular weight excluding hydrogens is 334 g/mol. The van der Waals surface area contributed by atoms with E-state index >= 15 is 0 Å². The second kappa shape index (κ2) is 9.69. The highest BCUT2D eigenvalue weighted by molar-refractivity contribution is 6.30. The van der Waals surface area contributed by atoms with Crippen LogP contribution in [0.1, 0.15) is 6.92 Å². The molecule has 0 atom stereocenters. The van der Waals surface area contributed by atoms with Gasteiger partial charge in [-0.15, -0.1) is 0 Å². The minimum absolute atomic E-state index is 0.108. The van der Waals surface area contributed by atoms with Crippen molar-refractivity contribution in [1.82, 2.24) is 9.97 Å². The molecule has 7 nitrogen and oxygen atoms in total. The molecule has 0 aliphatic rings. The molecule has 0 spiro atoms. The minimum atomic E-state index is -0.108. The van der Waals surface area contributed by atoms with Crippen molar-refractivity contribution in [3.63, 3.8) is 0 Å². The number of benzene rings is 1. The lowest BCUT2D eigenvalue weighted by Gasteiger charge is -2.08. The number of aromatic nitrogens is 2. The van der Waals surface area contributed by atoms with Crippen molar-refractivity contribution in [2.24, 2.45) is 0 Å². The van der Waals surface area contributed by atoms with Crippen LogP contribution in [-0.4, -0.2) is 42.3 Å². The number of carbonyl (C=O) groups is 1. The molecule has 0 bridgehead atoms. The van der Waals surface area contributed by atoms with Crippen molar-refractivity contribution in [3.05, 3.63) is 41.7 Å². The first kappa shape index (κ1) is 18.0. The number of amides is 1. The van der Waals surface area contributed by atoms with Crippen LogP contribution in [0.4, 0.5) is 5.69 Å². The molecule has 2 rings (SSSR count). The fraction of sp³-hybridized carbons (Fsp3) is 0.312. The van der Waals surface area contributed by atoms with Crippen LogP contribution in [0.25, 0.3) is 0 Å². The molecule has 1 heterocycles. The first-order valence-electron chi connectivity index (χ1n) is 7.32. The number of nitrogens with one attached hydrogen (secondary N) is 1. The molecule has 0 saturated carbocycles. The van der Waals surface area contributed by atoms with E-state index in [0.29, 0.717) is 37.2 Å². The first-order valence-corrected chi connectivity index (χ1v) is 7.70. The van der Waals surface area contributed by atoms with Gasteiger partial charge in [0, 0.05) is 12.6 Å². The molecule has 128 valence electrons. The number of hydrogen-bond donors (Lipinski definition) is 1. The molecule has 0 aliphatic heterocycles. The van der Waals surface area contributed by atoms with Crippen molar-refractivity contribution in [2.45, 2.75) is 6.92 Å². The van der Waals surface area contributed by atoms with Gasteiger partial charge in [-0.3, -0.25) is 4.79 Å². The largest absolute Gasteiger partial charge is 0.491 e. The molecule has 1 N–H and O–H groups in total. The highest BCUT2D eigenvalue weighted by Gasteiger charge is 1.99. The first-order chi connectivity index (χ1) is 11.6. The lowest BCUT2D eigenvalue weighted by atomic mass is 10.3. The molecule has 2 aromatic rings. The molecule has 0 aliphatic carbocycles. The van der Waals surface area contributed by atoms with Gasteiger partial charge < -0.3 is 19.5 Å². The maximum absolute atomic E-state index is 10.9. The Morgan fingerprint density at radius 2 is 1.67 bits per heavy atom. The van der Waals surface area contributed by atoms with Crippen LogP contribution in [0, 0.1) is 0 Å². The Bertz CT molecular complexity index is 635. The van der Waals surface area contributed by atoms with Crippen LogP contribution >= 0.6 is 11.6 Å². The Labute approximate surface area is 144 Å². The molecule has 1 aromatic carbocycles. The number of anilines is 1. The van der Waals surface area contributed by atoms with Gasteiger partial charge in [-0.2, -0.15) is 0 Å². The Morgan fingerprint density at radius 3 is 2.29 bits per heavy atom. The van der Waals surface area contributed by atoms with Crippen LogP contribution in [0.2, 0.25) is 5.02 Å². The number of nitrogens with zero attached hydrogens (tertiary/aromatic N) is 2. The van der Waals surface area contributed by atoms with Gasteiger partial charge in [0.1, 0.15) is 19.0 Å². The van der Waals surface area contributed by atoms with Gasteiger partial charge in [0.2, 0.25) is 5.91 Å². The summed E-state index contributed by atoms with van der Waals surface area (Å²) < 4.78 is 16.2. The zero-order chi connectivity index (χ0) is 17.2. The van der Waals surface area contributed by atoms with Gasteiger partial charge in [0.15, 0.2) is 0 Å². The van der Waals surface area contributed by atoms with Crippen LogP contribution in [-0.2, 0) is 9.53 Å². The molecular formula is C16H18ClN3O4. The molecule has 1 aromatic heterocycles. The lowest BCUT2D eigenvalue weighted by molar-refractivity contribution is -0.114. The molecule has 1 amide bonds. The van der Waals surface area contributed by atoms with Gasteiger partial charge in [0.25, 0.3) is 0 Å². The number of rotatable bonds is 9. The standard InChI is InChI=1S/C16H18ClN3O4/c1-12(21)20-14-2-4-15(5-3-14)23-8-6-22-7-9-24-16-18-10-13(17)11-19-16/h2-5,10-11H,6-9H2,1H3,(H,20,21). The van der Waals surface area contributed by atoms with E-state index in [2.05, 4.69) is 15.3 Å². The van der Waals surface area contributed by atoms with E-state index in [1.54, 1.807) is 24.3 Å². The monoisotopic (exact) mass is 351 g/mol. The molecule has 0 fully saturated rings. The van der Waals surface area contributed by atoms with Crippen molar-refractivity contribution >= 4 is 23.2 Å². The van der Waals surface area contributed by atoms with Gasteiger partial charge in [-0.05, 0) is 24.3 Å². The summed E-state index contributed by atoms with van der Waals surface area (Å²) in [4.78, 5) is 18.7. The lowest BCUT2D eigenvalue weighted by Crippen LogP contribution is -2.12. The second-order valence-corrected chi connectivity index (χ2v) is 5.14. The summed E-state index contributed by atoms with van der Waals surface area (Å²) in [5.74, 6) is 0.599. The van der Waals surface area contributed by atoms with Crippen molar-refractivity contribution in [3.8, 4) is 11.8 Å². The van der Waals surface area contributed by atoms with Crippen molar-refractivity contribution in [2.75, 3.05) is 31.7 Å². The Hall–Kier alpha value is -2.38. The third kappa shape index (κ3) is 6.80. The predicted molar refractivity (Wildman–Crippen MR) is 89.6 cm³/mol. The summed E-state index contributed by atoms with van der Waals surface area (Å²) in [5, 5.41) is 3.15. The summed E-state index contributed by atoms with van der Waals surface area (Å²) in [6.07, 6.45) is 2.94. The van der Waals surface area contributed by atoms with E-state index in [1.807, 2.05) is 0 Å². The molecule has 24 heavy (non-hydrogen) atoms. The van der Waals surface area contributed by atoms with E-state index in [-0.39, 0.29) is 11.9 Å². The number of carbonyl (C=O) groups excluding carboxylic acids is 1. The van der Waals surface area contributed by atoms with E-state index < -0.39 is 0 Å². The maximum atomic E-state index is 10.9. The molecule has 0 saturated heterocycles. The van der Waals surface area contributed by atoms with Crippen LogP contribution in [0.15, 0.2) is 36.7 Å². The fourth-order valence-corrected chi connectivity index (χ4v) is 1.82. The minimum Gasteiger partial charge on any atom is -0.491 e. The zero-order valence-electron chi connectivity index (χ0n) is 13.2. The average Bonchev–Trinajstić information content (AvgIpc) is 2.56. The SMILES string of the molecule is CC(=O)Nc1ccc(OCCOCCOc2ncc(Cl)cn2)cc1. The van der Waals surface area contributed by atoms with Gasteiger partial charge in [0.05, 0.1) is 30.6 Å². The predicted octanol–water partition coefficient (Wildman–Crippen LogP) is 2.56. The molecule has 0 unspecified atom stereocenters. The number of halogens is 1. The smallest absolute Gasteiger partial charge is 0.316 e. The third-order valence-electron chi connectivity index (χ3n) is 2.73. The average molecular weight is 352 g/mol. The maximum Gasteiger partial charge on any atom is 0.316 e. The van der Waals surface area contributed by atoms with Gasteiger partial charge in [-0.25, -0.2) is 9.97 Å². The molecule has 0 radical (unpaired) electrons. The summed E-state index contributed by atoms with van der Waals surface area (Å²) in [5.41, 5.74) is 0.729. The fourth-order valence-electron chi connectivity index (χ4n) is 1.73. The summed E-state index contributed by atoms with van der Waals surface area (Å²) in [6.45, 7) is 3.05. The van der Waals surface area contributed by atoms with E-state index in [4.69, 9.17) is 25.8 Å². The summed E-state index contributed by atoms with van der Waals surface area (Å²) >= 11 is 5.67. The van der Waals surface area contributed by atoms with Crippen molar-refractivity contribution in [1.29, 1.82) is 0 Å². The number of hydrogen-bond acceptors (Lipinski definition) is 6. The van der Waals surface area contributed by atoms with Crippen molar-refractivity contribution < 1.29 is 19.0 Å². The van der Waals surface area contributed by atoms with Crippen LogP contribution in [0.5, 0.6) is 11.8 Å². The van der Waals surface area contributed by atoms with E-state index in [9.17, 15) is 4.79 Å². The topological polar surface area (TPSA) is 82.6 Å². The summed E-state index contributed by atoms with van der Waals surface area (Å²) in [7, 11) is 0. The Balaban J connectivity index is 1.54. The third-order valence-corrected chi connectivity index (χ3v) is 2.92. The van der Waals surface area contributed by atoms with Crippen LogP contribution in [0.3, 0.4) is 0 Å². The quantitative estimate of drug-likeness (QED) is 0.699. The Kier molecular flexibility index (Phi) is 7.25. The van der Waals surface area contributed by atoms with Gasteiger partial charge in [-0.1, -0.05) is 11.6 Å². The Morgan fingerprint density at radius 1 is 1.04 bits per heavy atom. The second-order valence-electron chi connectivity index (χ2n) is 4.70. The van der Waals surface area contributed by atoms with Gasteiger partial charge >= 0.3 is 6.01 Å². The zero-order valence-corrected chi connectivity index (χ0v) is 14.0. The van der Waals surface area contributed by atoms with E-state index in [1.165, 1.54) is 19.3 Å². The molecule has 8 heteroatoms. The van der Waals surface area contributed by atoms with E-state index in [0.717, 1.165) is 5.69 Å². The summed E-state index contributed by atoms with van der Waals surface area (Å²) in [6, 6.07) is 7.38. The number of ether oxygens (including phenoxy) is 3.